The Labute approximate surface area is 138 Å². The summed E-state index contributed by atoms with van der Waals surface area (Å²) in [6, 6.07) is 19.6. The molecule has 0 heterocycles. The van der Waals surface area contributed by atoms with Crippen LogP contribution in [0.4, 0.5) is 0 Å². The van der Waals surface area contributed by atoms with Crippen LogP contribution < -0.4 is 0 Å². The molecule has 0 aliphatic rings. The van der Waals surface area contributed by atoms with Gasteiger partial charge < -0.3 is 9.84 Å². The molecule has 1 unspecified atom stereocenters. The van der Waals surface area contributed by atoms with Crippen LogP contribution in [-0.4, -0.2) is 17.7 Å². The molecule has 2 rings (SSSR count). The molecule has 0 bridgehead atoms. The van der Waals surface area contributed by atoms with E-state index in [1.165, 1.54) is 5.56 Å². The molecule has 0 spiro atoms. The van der Waals surface area contributed by atoms with Crippen LogP contribution in [0.15, 0.2) is 73.0 Å². The number of carbonyl (C=O) groups excluding carboxylic acids is 1. The second kappa shape index (κ2) is 11.1. The van der Waals surface area contributed by atoms with E-state index in [1.807, 2.05) is 74.5 Å². The van der Waals surface area contributed by atoms with Gasteiger partial charge in [-0.1, -0.05) is 60.7 Å². The molecule has 3 nitrogen and oxygen atoms in total. The van der Waals surface area contributed by atoms with Crippen molar-refractivity contribution in [1.82, 2.24) is 0 Å². The van der Waals surface area contributed by atoms with E-state index in [0.29, 0.717) is 6.61 Å². The molecule has 2 aromatic rings. The first kappa shape index (κ1) is 18.5. The van der Waals surface area contributed by atoms with E-state index in [0.717, 1.165) is 18.2 Å². The summed E-state index contributed by atoms with van der Waals surface area (Å²) in [5, 5.41) is 8.35. The van der Waals surface area contributed by atoms with Crippen molar-refractivity contribution in [2.75, 3.05) is 6.61 Å². The van der Waals surface area contributed by atoms with Gasteiger partial charge in [-0.05, 0) is 37.5 Å². The maximum absolute atomic E-state index is 11.3. The van der Waals surface area contributed by atoms with Gasteiger partial charge in [0.05, 0.1) is 18.8 Å². The van der Waals surface area contributed by atoms with Crippen LogP contribution >= 0.6 is 0 Å². The number of benzene rings is 2. The minimum atomic E-state index is -0.166. The Kier molecular flexibility index (Phi) is 8.91. The first-order valence-corrected chi connectivity index (χ1v) is 7.73. The largest absolute Gasteiger partial charge is 0.516 e. The molecule has 1 N–H and O–H groups in total. The number of carbonyl (C=O) groups is 1. The fraction of sp³-hybridized carbons (Fsp3) is 0.250. The highest BCUT2D eigenvalue weighted by Gasteiger charge is 2.14. The van der Waals surface area contributed by atoms with E-state index in [2.05, 4.69) is 0 Å². The number of aliphatic hydroxyl groups excluding tert-OH is 1. The zero-order valence-electron chi connectivity index (χ0n) is 13.7. The third-order valence-corrected chi connectivity index (χ3v) is 3.24. The smallest absolute Gasteiger partial charge is 0.313 e. The van der Waals surface area contributed by atoms with Crippen molar-refractivity contribution in [2.24, 2.45) is 0 Å². The number of rotatable bonds is 5. The van der Waals surface area contributed by atoms with Crippen LogP contribution in [0.25, 0.3) is 0 Å². The molecular formula is C20H24O3. The Morgan fingerprint density at radius 1 is 1.09 bits per heavy atom. The van der Waals surface area contributed by atoms with Crippen LogP contribution in [0.5, 0.6) is 0 Å². The van der Waals surface area contributed by atoms with Gasteiger partial charge in [0.1, 0.15) is 0 Å². The lowest BCUT2D eigenvalue weighted by Gasteiger charge is -2.09. The average molecular weight is 312 g/mol. The fourth-order valence-electron chi connectivity index (χ4n) is 1.95. The zero-order valence-corrected chi connectivity index (χ0v) is 13.7. The van der Waals surface area contributed by atoms with E-state index in [9.17, 15) is 4.79 Å². The van der Waals surface area contributed by atoms with Gasteiger partial charge in [-0.3, -0.25) is 4.79 Å². The lowest BCUT2D eigenvalue weighted by Crippen LogP contribution is -2.12. The summed E-state index contributed by atoms with van der Waals surface area (Å²) in [5.41, 5.74) is 2.22. The van der Waals surface area contributed by atoms with Gasteiger partial charge >= 0.3 is 5.97 Å². The molecule has 0 aliphatic heterocycles. The fourth-order valence-corrected chi connectivity index (χ4v) is 1.95. The van der Waals surface area contributed by atoms with Crippen molar-refractivity contribution in [2.45, 2.75) is 26.2 Å². The van der Waals surface area contributed by atoms with Gasteiger partial charge in [0.2, 0.25) is 0 Å². The third kappa shape index (κ3) is 7.32. The Bertz CT molecular complexity index is 576. The van der Waals surface area contributed by atoms with Crippen LogP contribution in [-0.2, 0) is 16.0 Å². The normalized spacial score (nSPS) is 11.4. The van der Waals surface area contributed by atoms with E-state index in [1.54, 1.807) is 6.08 Å². The molecule has 1 atom stereocenters. The number of hydrogen-bond donors (Lipinski definition) is 1. The number of hydrogen-bond acceptors (Lipinski definition) is 3. The van der Waals surface area contributed by atoms with Crippen molar-refractivity contribution in [3.63, 3.8) is 0 Å². The van der Waals surface area contributed by atoms with Crippen molar-refractivity contribution < 1.29 is 14.6 Å². The zero-order chi connectivity index (χ0) is 16.9. The highest BCUT2D eigenvalue weighted by molar-refractivity contribution is 5.77. The van der Waals surface area contributed by atoms with E-state index >= 15 is 0 Å². The summed E-state index contributed by atoms with van der Waals surface area (Å²) in [5.74, 6) is -0.324. The number of allylic oxidation sites excluding steroid dienone is 1. The van der Waals surface area contributed by atoms with Gasteiger partial charge in [-0.15, -0.1) is 0 Å². The second-order valence-corrected chi connectivity index (χ2v) is 4.96. The molecule has 3 heteroatoms. The first-order valence-electron chi connectivity index (χ1n) is 7.73. The lowest BCUT2D eigenvalue weighted by molar-refractivity contribution is -0.144. The Morgan fingerprint density at radius 2 is 1.65 bits per heavy atom. The minimum Gasteiger partial charge on any atom is -0.516 e. The van der Waals surface area contributed by atoms with Gasteiger partial charge in [-0.25, -0.2) is 0 Å². The van der Waals surface area contributed by atoms with Crippen LogP contribution in [0.2, 0.25) is 0 Å². The lowest BCUT2D eigenvalue weighted by atomic mass is 10.0. The molecule has 0 saturated carbocycles. The summed E-state index contributed by atoms with van der Waals surface area (Å²) in [4.78, 5) is 11.3. The molecule has 2 aromatic carbocycles. The van der Waals surface area contributed by atoms with E-state index < -0.39 is 0 Å². The quantitative estimate of drug-likeness (QED) is 0.645. The molecule has 122 valence electrons. The van der Waals surface area contributed by atoms with Crippen molar-refractivity contribution in [3.8, 4) is 0 Å². The molecule has 0 aromatic heterocycles. The van der Waals surface area contributed by atoms with Gasteiger partial charge in [-0.2, -0.15) is 0 Å². The molecule has 0 aliphatic carbocycles. The van der Waals surface area contributed by atoms with Gasteiger partial charge in [0, 0.05) is 0 Å². The highest BCUT2D eigenvalue weighted by atomic mass is 16.5. The van der Waals surface area contributed by atoms with E-state index in [4.69, 9.17) is 9.84 Å². The van der Waals surface area contributed by atoms with E-state index in [-0.39, 0.29) is 11.9 Å². The SMILES string of the molecule is CCOC(=O)C(C)c1ccccc1.OC=CCc1ccccc1. The average Bonchev–Trinajstić information content (AvgIpc) is 2.61. The summed E-state index contributed by atoms with van der Waals surface area (Å²) in [7, 11) is 0. The number of ether oxygens (including phenoxy) is 1. The monoisotopic (exact) mass is 312 g/mol. The molecular weight excluding hydrogens is 288 g/mol. The van der Waals surface area contributed by atoms with Gasteiger partial charge in [0.15, 0.2) is 0 Å². The van der Waals surface area contributed by atoms with Crippen molar-refractivity contribution in [1.29, 1.82) is 0 Å². The predicted molar refractivity (Wildman–Crippen MR) is 93.4 cm³/mol. The van der Waals surface area contributed by atoms with Crippen LogP contribution in [0, 0.1) is 0 Å². The Morgan fingerprint density at radius 3 is 2.17 bits per heavy atom. The minimum absolute atomic E-state index is 0.159. The Balaban J connectivity index is 0.000000238. The maximum Gasteiger partial charge on any atom is 0.313 e. The summed E-state index contributed by atoms with van der Waals surface area (Å²) < 4.78 is 4.92. The van der Waals surface area contributed by atoms with Crippen LogP contribution in [0.3, 0.4) is 0 Å². The molecule has 0 radical (unpaired) electrons. The summed E-state index contributed by atoms with van der Waals surface area (Å²) >= 11 is 0. The number of esters is 1. The number of aliphatic hydroxyl groups is 1. The van der Waals surface area contributed by atoms with Crippen molar-refractivity contribution in [3.05, 3.63) is 84.1 Å². The first-order chi connectivity index (χ1) is 11.2. The third-order valence-electron chi connectivity index (χ3n) is 3.24. The Hall–Kier alpha value is -2.55. The van der Waals surface area contributed by atoms with Crippen molar-refractivity contribution >= 4 is 5.97 Å². The van der Waals surface area contributed by atoms with Crippen LogP contribution in [0.1, 0.15) is 30.9 Å². The standard InChI is InChI=1S/C11H14O2.C9H10O/c1-3-13-11(12)9(2)10-7-5-4-6-8-10;10-8-4-7-9-5-2-1-3-6-9/h4-9H,3H2,1-2H3;1-6,8,10H,7H2. The maximum atomic E-state index is 11.3. The van der Waals surface area contributed by atoms with Gasteiger partial charge in [0.25, 0.3) is 0 Å². The molecule has 0 saturated heterocycles. The summed E-state index contributed by atoms with van der Waals surface area (Å²) in [6.45, 7) is 4.11. The molecule has 23 heavy (non-hydrogen) atoms. The predicted octanol–water partition coefficient (Wildman–Crippen LogP) is 4.65. The molecule has 0 fully saturated rings. The topological polar surface area (TPSA) is 46.5 Å². The second-order valence-electron chi connectivity index (χ2n) is 4.96. The highest BCUT2D eigenvalue weighted by Crippen LogP contribution is 2.15. The summed E-state index contributed by atoms with van der Waals surface area (Å²) in [6.07, 6.45) is 3.60. The molecule has 0 amide bonds.